The maximum Gasteiger partial charge on any atom is 0.415 e. The van der Waals surface area contributed by atoms with Gasteiger partial charge in [0.15, 0.2) is 5.54 Å². The minimum atomic E-state index is -4.84. The lowest BCUT2D eigenvalue weighted by molar-refractivity contribution is -0.230. The third-order valence-electron chi connectivity index (χ3n) is 5.31. The molecule has 0 saturated carbocycles. The summed E-state index contributed by atoms with van der Waals surface area (Å²) in [6, 6.07) is 17.0. The van der Waals surface area contributed by atoms with Crippen LogP contribution in [-0.4, -0.2) is 22.3 Å². The summed E-state index contributed by atoms with van der Waals surface area (Å²) in [5, 5.41) is 11.5. The first kappa shape index (κ1) is 21.2. The summed E-state index contributed by atoms with van der Waals surface area (Å²) in [5.74, 6) is 0. The lowest BCUT2D eigenvalue weighted by Crippen LogP contribution is -2.56. The van der Waals surface area contributed by atoms with Gasteiger partial charge in [0.2, 0.25) is 0 Å². The molecular weight excluding hydrogens is 447 g/mol. The minimum absolute atomic E-state index is 0.150. The van der Waals surface area contributed by atoms with E-state index >= 15 is 0 Å². The molecule has 0 aromatic heterocycles. The first-order valence-electron chi connectivity index (χ1n) is 8.90. The van der Waals surface area contributed by atoms with Gasteiger partial charge in [0, 0.05) is 4.47 Å². The Kier molecular flexibility index (Phi) is 5.63. The Balaban J connectivity index is 2.22. The summed E-state index contributed by atoms with van der Waals surface area (Å²) < 4.78 is 43.7. The molecule has 0 heterocycles. The van der Waals surface area contributed by atoms with E-state index in [1.165, 1.54) is 31.2 Å². The molecule has 3 aromatic carbocycles. The molecule has 3 aromatic rings. The molecule has 2 atom stereocenters. The summed E-state index contributed by atoms with van der Waals surface area (Å²) in [7, 11) is 0. The summed E-state index contributed by atoms with van der Waals surface area (Å²) in [6.07, 6.45) is -6.48. The molecule has 0 fully saturated rings. The predicted octanol–water partition coefficient (Wildman–Crippen LogP) is 7.12. The van der Waals surface area contributed by atoms with E-state index in [2.05, 4.69) is 15.9 Å². The first-order chi connectivity index (χ1) is 13.6. The van der Waals surface area contributed by atoms with E-state index in [0.717, 1.165) is 12.3 Å². The van der Waals surface area contributed by atoms with Crippen LogP contribution in [0.3, 0.4) is 0 Å². The molecule has 1 amide bonds. The molecule has 0 saturated heterocycles. The van der Waals surface area contributed by atoms with Gasteiger partial charge in [-0.3, -0.25) is 4.90 Å². The Morgan fingerprint density at radius 1 is 1.00 bits per heavy atom. The molecule has 0 unspecified atom stereocenters. The molecule has 0 aliphatic rings. The SMILES string of the molecule is C[C@@H](c1cccc2ccccc12)N(C(=O)O)[C@@](C)(c1ccc(Br)cc1)C(F)(F)F. The fourth-order valence-electron chi connectivity index (χ4n) is 3.71. The van der Waals surface area contributed by atoms with E-state index in [1.807, 2.05) is 18.2 Å². The van der Waals surface area contributed by atoms with Gasteiger partial charge in [-0.2, -0.15) is 13.2 Å². The number of fused-ring (bicyclic) bond motifs is 1. The van der Waals surface area contributed by atoms with E-state index in [4.69, 9.17) is 0 Å². The van der Waals surface area contributed by atoms with Crippen LogP contribution in [0, 0.1) is 0 Å². The van der Waals surface area contributed by atoms with Crippen LogP contribution in [0.1, 0.15) is 31.0 Å². The fraction of sp³-hybridized carbons (Fsp3) is 0.227. The number of alkyl halides is 3. The molecular formula is C22H19BrF3NO2. The molecule has 29 heavy (non-hydrogen) atoms. The standard InChI is InChI=1S/C22H19BrF3NO2/c1-14(18-9-5-7-15-6-3-4-8-19(15)18)27(20(28)29)21(2,22(24,25)26)16-10-12-17(23)13-11-16/h3-14H,1-2H3,(H,28,29)/t14-,21-/m0/s1. The van der Waals surface area contributed by atoms with E-state index in [0.29, 0.717) is 20.3 Å². The highest BCUT2D eigenvalue weighted by atomic mass is 79.9. The second-order valence-corrected chi connectivity index (χ2v) is 7.89. The van der Waals surface area contributed by atoms with Gasteiger partial charge in [0.05, 0.1) is 6.04 Å². The Labute approximate surface area is 174 Å². The van der Waals surface area contributed by atoms with Gasteiger partial charge in [-0.25, -0.2) is 4.79 Å². The van der Waals surface area contributed by atoms with Crippen molar-refractivity contribution >= 4 is 32.8 Å². The highest BCUT2D eigenvalue weighted by Crippen LogP contribution is 2.48. The van der Waals surface area contributed by atoms with Gasteiger partial charge in [0.25, 0.3) is 0 Å². The van der Waals surface area contributed by atoms with Gasteiger partial charge in [-0.1, -0.05) is 70.5 Å². The molecule has 152 valence electrons. The first-order valence-corrected chi connectivity index (χ1v) is 9.69. The van der Waals surface area contributed by atoms with Crippen LogP contribution in [-0.2, 0) is 5.54 Å². The summed E-state index contributed by atoms with van der Waals surface area (Å²) >= 11 is 3.21. The Bertz CT molecular complexity index is 1030. The van der Waals surface area contributed by atoms with Crippen LogP contribution < -0.4 is 0 Å². The number of benzene rings is 3. The predicted molar refractivity (Wildman–Crippen MR) is 110 cm³/mol. The molecule has 3 nitrogen and oxygen atoms in total. The fourth-order valence-corrected chi connectivity index (χ4v) is 3.98. The van der Waals surface area contributed by atoms with Crippen LogP contribution in [0.5, 0.6) is 0 Å². The van der Waals surface area contributed by atoms with Crippen molar-refractivity contribution in [3.8, 4) is 0 Å². The number of hydrogen-bond acceptors (Lipinski definition) is 1. The molecule has 1 N–H and O–H groups in total. The lowest BCUT2D eigenvalue weighted by Gasteiger charge is -2.44. The van der Waals surface area contributed by atoms with Gasteiger partial charge in [-0.05, 0) is 47.9 Å². The zero-order valence-corrected chi connectivity index (χ0v) is 17.3. The second kappa shape index (κ2) is 7.71. The van der Waals surface area contributed by atoms with Crippen LogP contribution in [0.15, 0.2) is 71.2 Å². The van der Waals surface area contributed by atoms with E-state index < -0.39 is 23.9 Å². The number of nitrogens with zero attached hydrogens (tertiary/aromatic N) is 1. The Morgan fingerprint density at radius 3 is 2.17 bits per heavy atom. The van der Waals surface area contributed by atoms with Crippen molar-refractivity contribution < 1.29 is 23.1 Å². The third kappa shape index (κ3) is 3.71. The summed E-state index contributed by atoms with van der Waals surface area (Å²) in [4.78, 5) is 12.7. The lowest BCUT2D eigenvalue weighted by atomic mass is 9.86. The quantitative estimate of drug-likeness (QED) is 0.445. The number of carboxylic acid groups (broad SMARTS) is 1. The van der Waals surface area contributed by atoms with Gasteiger partial charge < -0.3 is 5.11 Å². The van der Waals surface area contributed by atoms with Crippen molar-refractivity contribution in [1.29, 1.82) is 0 Å². The molecule has 0 aliphatic heterocycles. The molecule has 7 heteroatoms. The minimum Gasteiger partial charge on any atom is -0.465 e. The third-order valence-corrected chi connectivity index (χ3v) is 5.84. The van der Waals surface area contributed by atoms with Gasteiger partial charge in [0.1, 0.15) is 0 Å². The van der Waals surface area contributed by atoms with E-state index in [-0.39, 0.29) is 5.56 Å². The van der Waals surface area contributed by atoms with Crippen molar-refractivity contribution in [2.24, 2.45) is 0 Å². The molecule has 0 aliphatic carbocycles. The van der Waals surface area contributed by atoms with Crippen molar-refractivity contribution in [2.75, 3.05) is 0 Å². The van der Waals surface area contributed by atoms with Crippen molar-refractivity contribution in [2.45, 2.75) is 31.6 Å². The smallest absolute Gasteiger partial charge is 0.415 e. The highest BCUT2D eigenvalue weighted by molar-refractivity contribution is 9.10. The largest absolute Gasteiger partial charge is 0.465 e. The van der Waals surface area contributed by atoms with E-state index in [9.17, 15) is 23.1 Å². The topological polar surface area (TPSA) is 40.5 Å². The summed E-state index contributed by atoms with van der Waals surface area (Å²) in [6.45, 7) is 2.39. The van der Waals surface area contributed by atoms with Crippen LogP contribution >= 0.6 is 15.9 Å². The normalized spacial score (nSPS) is 15.0. The average Bonchev–Trinajstić information content (AvgIpc) is 2.66. The Hall–Kier alpha value is -2.54. The molecule has 3 rings (SSSR count). The molecule has 0 spiro atoms. The zero-order valence-electron chi connectivity index (χ0n) is 15.7. The van der Waals surface area contributed by atoms with E-state index in [1.54, 1.807) is 24.3 Å². The Morgan fingerprint density at radius 2 is 1.59 bits per heavy atom. The maximum atomic E-state index is 14.4. The average molecular weight is 466 g/mol. The summed E-state index contributed by atoms with van der Waals surface area (Å²) in [5.41, 5.74) is -2.38. The zero-order chi connectivity index (χ0) is 21.4. The molecule has 0 bridgehead atoms. The van der Waals surface area contributed by atoms with Crippen molar-refractivity contribution in [3.63, 3.8) is 0 Å². The van der Waals surface area contributed by atoms with Gasteiger partial charge in [-0.15, -0.1) is 0 Å². The number of carbonyl (C=O) groups is 1. The highest BCUT2D eigenvalue weighted by Gasteiger charge is 2.59. The van der Waals surface area contributed by atoms with Crippen molar-refractivity contribution in [1.82, 2.24) is 4.90 Å². The molecule has 0 radical (unpaired) electrons. The van der Waals surface area contributed by atoms with Crippen LogP contribution in [0.25, 0.3) is 10.8 Å². The van der Waals surface area contributed by atoms with Crippen LogP contribution in [0.2, 0.25) is 0 Å². The second-order valence-electron chi connectivity index (χ2n) is 6.97. The maximum absolute atomic E-state index is 14.4. The monoisotopic (exact) mass is 465 g/mol. The van der Waals surface area contributed by atoms with Crippen molar-refractivity contribution in [3.05, 3.63) is 82.3 Å². The number of amides is 1. The number of rotatable bonds is 4. The number of halogens is 4. The van der Waals surface area contributed by atoms with Crippen LogP contribution in [0.4, 0.5) is 18.0 Å². The van der Waals surface area contributed by atoms with Gasteiger partial charge >= 0.3 is 12.3 Å². The number of hydrogen-bond donors (Lipinski definition) is 1.